The Kier molecular flexibility index (Phi) is 3.45. The molecular weight excluding hydrogens is 302 g/mol. The molecule has 7 nitrogen and oxygen atoms in total. The molecule has 120 valence electrons. The molecule has 0 saturated heterocycles. The summed E-state index contributed by atoms with van der Waals surface area (Å²) in [6.07, 6.45) is 2.03. The van der Waals surface area contributed by atoms with Gasteiger partial charge in [-0.3, -0.25) is 4.68 Å². The van der Waals surface area contributed by atoms with Gasteiger partial charge >= 0.3 is 0 Å². The number of aryl methyl sites for hydroxylation is 2. The normalized spacial score (nSPS) is 11.1. The molecule has 4 aromatic rings. The summed E-state index contributed by atoms with van der Waals surface area (Å²) in [5, 5.41) is 20.5. The Labute approximate surface area is 139 Å². The number of fused-ring (bicyclic) bond motifs is 1. The molecule has 0 aliphatic carbocycles. The molecule has 0 amide bonds. The SMILES string of the molecule is Cc1nnc2ccc(NCc3cn(C)nc3-c3ccccc3)nn12. The van der Waals surface area contributed by atoms with E-state index in [4.69, 9.17) is 0 Å². The lowest BCUT2D eigenvalue weighted by Crippen LogP contribution is -2.05. The van der Waals surface area contributed by atoms with Crippen molar-refractivity contribution in [1.29, 1.82) is 0 Å². The summed E-state index contributed by atoms with van der Waals surface area (Å²) < 4.78 is 3.56. The second kappa shape index (κ2) is 5.77. The topological polar surface area (TPSA) is 72.9 Å². The zero-order valence-corrected chi connectivity index (χ0v) is 13.5. The Balaban J connectivity index is 1.60. The number of aromatic nitrogens is 6. The molecule has 0 fully saturated rings. The summed E-state index contributed by atoms with van der Waals surface area (Å²) in [4.78, 5) is 0. The van der Waals surface area contributed by atoms with Crippen molar-refractivity contribution in [2.75, 3.05) is 5.32 Å². The molecule has 3 heterocycles. The second-order valence-corrected chi connectivity index (χ2v) is 5.63. The molecule has 1 N–H and O–H groups in total. The lowest BCUT2D eigenvalue weighted by molar-refractivity contribution is 0.770. The van der Waals surface area contributed by atoms with Crippen molar-refractivity contribution in [3.05, 3.63) is 60.0 Å². The van der Waals surface area contributed by atoms with Gasteiger partial charge in [0.1, 0.15) is 5.82 Å². The molecule has 3 aromatic heterocycles. The first-order valence-electron chi connectivity index (χ1n) is 7.71. The highest BCUT2D eigenvalue weighted by Gasteiger charge is 2.10. The van der Waals surface area contributed by atoms with Crippen LogP contribution in [0.25, 0.3) is 16.9 Å². The van der Waals surface area contributed by atoms with Crippen LogP contribution < -0.4 is 5.32 Å². The molecule has 0 unspecified atom stereocenters. The van der Waals surface area contributed by atoms with Gasteiger partial charge in [0, 0.05) is 30.9 Å². The average molecular weight is 319 g/mol. The quantitative estimate of drug-likeness (QED) is 0.625. The Hall–Kier alpha value is -3.22. The van der Waals surface area contributed by atoms with Crippen molar-refractivity contribution < 1.29 is 0 Å². The van der Waals surface area contributed by atoms with Crippen molar-refractivity contribution in [2.24, 2.45) is 7.05 Å². The molecule has 4 rings (SSSR count). The molecule has 7 heteroatoms. The minimum Gasteiger partial charge on any atom is -0.364 e. The van der Waals surface area contributed by atoms with Crippen LogP contribution in [-0.4, -0.2) is 29.6 Å². The van der Waals surface area contributed by atoms with E-state index in [0.717, 1.165) is 34.1 Å². The van der Waals surface area contributed by atoms with E-state index in [2.05, 4.69) is 37.8 Å². The third kappa shape index (κ3) is 2.60. The van der Waals surface area contributed by atoms with Crippen LogP contribution in [0.3, 0.4) is 0 Å². The fraction of sp³-hybridized carbons (Fsp3) is 0.176. The van der Waals surface area contributed by atoms with Crippen LogP contribution in [0.4, 0.5) is 5.82 Å². The second-order valence-electron chi connectivity index (χ2n) is 5.63. The van der Waals surface area contributed by atoms with E-state index in [-0.39, 0.29) is 0 Å². The Morgan fingerprint density at radius 2 is 1.83 bits per heavy atom. The number of anilines is 1. The van der Waals surface area contributed by atoms with Gasteiger partial charge in [0.25, 0.3) is 0 Å². The summed E-state index contributed by atoms with van der Waals surface area (Å²) in [6, 6.07) is 14.0. The molecule has 24 heavy (non-hydrogen) atoms. The molecule has 0 spiro atoms. The van der Waals surface area contributed by atoms with E-state index in [0.29, 0.717) is 6.54 Å². The van der Waals surface area contributed by atoms with Crippen LogP contribution in [0.1, 0.15) is 11.4 Å². The predicted octanol–water partition coefficient (Wildman–Crippen LogP) is 2.45. The van der Waals surface area contributed by atoms with Gasteiger partial charge in [-0.25, -0.2) is 0 Å². The minimum atomic E-state index is 0.637. The summed E-state index contributed by atoms with van der Waals surface area (Å²) in [6.45, 7) is 2.52. The Bertz CT molecular complexity index is 985. The van der Waals surface area contributed by atoms with Gasteiger partial charge in [0.15, 0.2) is 11.5 Å². The summed E-state index contributed by atoms with van der Waals surface area (Å²) in [5.74, 6) is 1.54. The monoisotopic (exact) mass is 319 g/mol. The number of benzene rings is 1. The van der Waals surface area contributed by atoms with E-state index in [9.17, 15) is 0 Å². The van der Waals surface area contributed by atoms with Crippen molar-refractivity contribution in [2.45, 2.75) is 13.5 Å². The maximum Gasteiger partial charge on any atom is 0.178 e. The van der Waals surface area contributed by atoms with Crippen LogP contribution in [-0.2, 0) is 13.6 Å². The van der Waals surface area contributed by atoms with Crippen molar-refractivity contribution >= 4 is 11.5 Å². The van der Waals surface area contributed by atoms with Crippen LogP contribution in [0.5, 0.6) is 0 Å². The van der Waals surface area contributed by atoms with E-state index < -0.39 is 0 Å². The molecule has 0 bridgehead atoms. The van der Waals surface area contributed by atoms with Crippen LogP contribution in [0, 0.1) is 6.92 Å². The molecule has 0 aliphatic heterocycles. The molecule has 0 radical (unpaired) electrons. The van der Waals surface area contributed by atoms with Crippen LogP contribution in [0.15, 0.2) is 48.7 Å². The summed E-state index contributed by atoms with van der Waals surface area (Å²) in [7, 11) is 1.93. The van der Waals surface area contributed by atoms with E-state index in [1.807, 2.05) is 55.2 Å². The van der Waals surface area contributed by atoms with Gasteiger partial charge < -0.3 is 5.32 Å². The number of hydrogen-bond acceptors (Lipinski definition) is 5. The zero-order valence-electron chi connectivity index (χ0n) is 13.5. The maximum absolute atomic E-state index is 4.58. The third-order valence-electron chi connectivity index (χ3n) is 3.83. The van der Waals surface area contributed by atoms with Gasteiger partial charge in [-0.1, -0.05) is 30.3 Å². The first-order valence-corrected chi connectivity index (χ1v) is 7.71. The maximum atomic E-state index is 4.58. The largest absolute Gasteiger partial charge is 0.364 e. The smallest absolute Gasteiger partial charge is 0.178 e. The first kappa shape index (κ1) is 14.4. The van der Waals surface area contributed by atoms with Gasteiger partial charge in [-0.05, 0) is 19.1 Å². The van der Waals surface area contributed by atoms with E-state index in [1.165, 1.54) is 0 Å². The van der Waals surface area contributed by atoms with Crippen LogP contribution >= 0.6 is 0 Å². The molecule has 1 aromatic carbocycles. The van der Waals surface area contributed by atoms with E-state index >= 15 is 0 Å². The fourth-order valence-electron chi connectivity index (χ4n) is 2.68. The third-order valence-corrected chi connectivity index (χ3v) is 3.83. The Morgan fingerprint density at radius 1 is 1.00 bits per heavy atom. The number of rotatable bonds is 4. The standard InChI is InChI=1S/C17H17N7/c1-12-19-20-16-9-8-15(21-24(12)16)18-10-14-11-23(2)22-17(14)13-6-4-3-5-7-13/h3-9,11H,10H2,1-2H3,(H,18,21). The highest BCUT2D eigenvalue weighted by atomic mass is 15.4. The molecule has 0 aliphatic rings. The van der Waals surface area contributed by atoms with Crippen LogP contribution in [0.2, 0.25) is 0 Å². The summed E-state index contributed by atoms with van der Waals surface area (Å²) in [5.41, 5.74) is 3.94. The van der Waals surface area contributed by atoms with Gasteiger partial charge in [-0.2, -0.15) is 9.61 Å². The zero-order chi connectivity index (χ0) is 16.5. The highest BCUT2D eigenvalue weighted by Crippen LogP contribution is 2.22. The van der Waals surface area contributed by atoms with Crippen molar-refractivity contribution in [1.82, 2.24) is 29.6 Å². The lowest BCUT2D eigenvalue weighted by Gasteiger charge is -2.06. The number of hydrogen-bond donors (Lipinski definition) is 1. The lowest BCUT2D eigenvalue weighted by atomic mass is 10.1. The van der Waals surface area contributed by atoms with Crippen molar-refractivity contribution in [3.63, 3.8) is 0 Å². The molecular formula is C17H17N7. The summed E-state index contributed by atoms with van der Waals surface area (Å²) >= 11 is 0. The number of nitrogens with zero attached hydrogens (tertiary/aromatic N) is 6. The average Bonchev–Trinajstić information content (AvgIpc) is 3.17. The highest BCUT2D eigenvalue weighted by molar-refractivity contribution is 5.63. The first-order chi connectivity index (χ1) is 11.7. The number of nitrogens with one attached hydrogen (secondary N) is 1. The van der Waals surface area contributed by atoms with Gasteiger partial charge in [0.05, 0.1) is 5.69 Å². The molecule has 0 atom stereocenters. The van der Waals surface area contributed by atoms with Gasteiger partial charge in [-0.15, -0.1) is 15.3 Å². The fourth-order valence-corrected chi connectivity index (χ4v) is 2.68. The Morgan fingerprint density at radius 3 is 2.67 bits per heavy atom. The minimum absolute atomic E-state index is 0.637. The van der Waals surface area contributed by atoms with Gasteiger partial charge in [0.2, 0.25) is 0 Å². The molecule has 0 saturated carbocycles. The van der Waals surface area contributed by atoms with E-state index in [1.54, 1.807) is 4.52 Å². The van der Waals surface area contributed by atoms with Crippen molar-refractivity contribution in [3.8, 4) is 11.3 Å². The predicted molar refractivity (Wildman–Crippen MR) is 91.5 cm³/mol.